The van der Waals surface area contributed by atoms with Crippen molar-refractivity contribution in [3.05, 3.63) is 35.6 Å². The number of Topliss-reactive ketones (excluding diaryl/α,β-unsaturated/α-hetero) is 1. The van der Waals surface area contributed by atoms with Crippen LogP contribution < -0.4 is 5.32 Å². The predicted molar refractivity (Wildman–Crippen MR) is 88.0 cm³/mol. The van der Waals surface area contributed by atoms with E-state index in [1.54, 1.807) is 4.90 Å². The van der Waals surface area contributed by atoms with Crippen molar-refractivity contribution >= 4 is 17.6 Å². The number of nitrogens with one attached hydrogen (secondary N) is 1. The first-order chi connectivity index (χ1) is 11.5. The Morgan fingerprint density at radius 1 is 1.25 bits per heavy atom. The molecule has 130 valence electrons. The van der Waals surface area contributed by atoms with E-state index in [1.165, 1.54) is 24.3 Å². The lowest BCUT2D eigenvalue weighted by Crippen LogP contribution is -2.42. The van der Waals surface area contributed by atoms with Crippen LogP contribution in [0, 0.1) is 5.82 Å². The molecule has 2 amide bonds. The predicted octanol–water partition coefficient (Wildman–Crippen LogP) is 2.31. The van der Waals surface area contributed by atoms with Gasteiger partial charge in [0.15, 0.2) is 5.78 Å². The molecule has 0 radical (unpaired) electrons. The number of benzene rings is 1. The van der Waals surface area contributed by atoms with Crippen molar-refractivity contribution < 1.29 is 18.8 Å². The van der Waals surface area contributed by atoms with Gasteiger partial charge < -0.3 is 10.2 Å². The lowest BCUT2D eigenvalue weighted by molar-refractivity contribution is -0.129. The lowest BCUT2D eigenvalue weighted by atomic mass is 10.1. The average molecular weight is 334 g/mol. The SMILES string of the molecule is CC(CN1CCCC1=O)NC(=O)CCCC(=O)c1ccc(F)cc1. The summed E-state index contributed by atoms with van der Waals surface area (Å²) in [5.41, 5.74) is 0.456. The second-order valence-corrected chi connectivity index (χ2v) is 6.20. The van der Waals surface area contributed by atoms with Crippen molar-refractivity contribution in [2.75, 3.05) is 13.1 Å². The fourth-order valence-electron chi connectivity index (χ4n) is 2.81. The van der Waals surface area contributed by atoms with Crippen molar-refractivity contribution in [2.45, 2.75) is 45.1 Å². The van der Waals surface area contributed by atoms with E-state index in [0.717, 1.165) is 13.0 Å². The minimum Gasteiger partial charge on any atom is -0.352 e. The van der Waals surface area contributed by atoms with Gasteiger partial charge >= 0.3 is 0 Å². The molecule has 2 rings (SSSR count). The zero-order valence-electron chi connectivity index (χ0n) is 13.9. The van der Waals surface area contributed by atoms with Crippen LogP contribution in [-0.4, -0.2) is 41.6 Å². The summed E-state index contributed by atoms with van der Waals surface area (Å²) in [6, 6.07) is 5.30. The normalized spacial score (nSPS) is 15.4. The van der Waals surface area contributed by atoms with Gasteiger partial charge in [0, 0.05) is 44.0 Å². The molecule has 1 N–H and O–H groups in total. The number of halogens is 1. The summed E-state index contributed by atoms with van der Waals surface area (Å²) in [6.07, 6.45) is 2.41. The maximum Gasteiger partial charge on any atom is 0.222 e. The number of hydrogen-bond acceptors (Lipinski definition) is 3. The van der Waals surface area contributed by atoms with E-state index in [9.17, 15) is 18.8 Å². The van der Waals surface area contributed by atoms with Crippen LogP contribution in [0.1, 0.15) is 49.4 Å². The number of carbonyl (C=O) groups is 3. The minimum absolute atomic E-state index is 0.0986. The quantitative estimate of drug-likeness (QED) is 0.742. The summed E-state index contributed by atoms with van der Waals surface area (Å²) in [5.74, 6) is -0.461. The Kier molecular flexibility index (Phi) is 6.46. The molecule has 24 heavy (non-hydrogen) atoms. The Balaban J connectivity index is 1.66. The van der Waals surface area contributed by atoms with E-state index in [0.29, 0.717) is 24.9 Å². The van der Waals surface area contributed by atoms with Crippen LogP contribution in [0.2, 0.25) is 0 Å². The van der Waals surface area contributed by atoms with Gasteiger partial charge in [-0.05, 0) is 44.0 Å². The third-order valence-corrected chi connectivity index (χ3v) is 4.05. The fourth-order valence-corrected chi connectivity index (χ4v) is 2.81. The van der Waals surface area contributed by atoms with E-state index in [1.807, 2.05) is 6.92 Å². The highest BCUT2D eigenvalue weighted by atomic mass is 19.1. The number of amides is 2. The van der Waals surface area contributed by atoms with Gasteiger partial charge in [0.1, 0.15) is 5.82 Å². The molecule has 0 aliphatic carbocycles. The summed E-state index contributed by atoms with van der Waals surface area (Å²) in [6.45, 7) is 3.15. The van der Waals surface area contributed by atoms with Crippen LogP contribution in [0.5, 0.6) is 0 Å². The molecule has 0 bridgehead atoms. The molecular weight excluding hydrogens is 311 g/mol. The molecule has 0 saturated carbocycles. The summed E-state index contributed by atoms with van der Waals surface area (Å²) < 4.78 is 12.8. The third-order valence-electron chi connectivity index (χ3n) is 4.05. The Morgan fingerprint density at radius 2 is 1.96 bits per heavy atom. The number of likely N-dealkylation sites (tertiary alicyclic amines) is 1. The van der Waals surface area contributed by atoms with E-state index >= 15 is 0 Å². The minimum atomic E-state index is -0.378. The molecule has 5 nitrogen and oxygen atoms in total. The van der Waals surface area contributed by atoms with Crippen LogP contribution >= 0.6 is 0 Å². The van der Waals surface area contributed by atoms with Crippen molar-refractivity contribution in [1.29, 1.82) is 0 Å². The van der Waals surface area contributed by atoms with Crippen LogP contribution in [0.25, 0.3) is 0 Å². The summed E-state index contributed by atoms with van der Waals surface area (Å²) in [7, 11) is 0. The van der Waals surface area contributed by atoms with Crippen molar-refractivity contribution in [3.63, 3.8) is 0 Å². The molecule has 1 aromatic rings. The van der Waals surface area contributed by atoms with Gasteiger partial charge in [-0.2, -0.15) is 0 Å². The first-order valence-electron chi connectivity index (χ1n) is 8.31. The van der Waals surface area contributed by atoms with Crippen LogP contribution in [-0.2, 0) is 9.59 Å². The zero-order chi connectivity index (χ0) is 17.5. The van der Waals surface area contributed by atoms with Gasteiger partial charge in [0.25, 0.3) is 0 Å². The van der Waals surface area contributed by atoms with Gasteiger partial charge in [-0.3, -0.25) is 14.4 Å². The maximum atomic E-state index is 12.8. The highest BCUT2D eigenvalue weighted by Crippen LogP contribution is 2.11. The molecular formula is C18H23FN2O3. The Labute approximate surface area is 141 Å². The molecule has 1 aromatic carbocycles. The first kappa shape index (κ1) is 18.1. The largest absolute Gasteiger partial charge is 0.352 e. The number of carbonyl (C=O) groups excluding carboxylic acids is 3. The molecule has 0 aromatic heterocycles. The number of rotatable bonds is 8. The van der Waals surface area contributed by atoms with E-state index in [4.69, 9.17) is 0 Å². The van der Waals surface area contributed by atoms with E-state index in [2.05, 4.69) is 5.32 Å². The Morgan fingerprint density at radius 3 is 2.58 bits per heavy atom. The van der Waals surface area contributed by atoms with Gasteiger partial charge in [0.2, 0.25) is 11.8 Å². The monoisotopic (exact) mass is 334 g/mol. The highest BCUT2D eigenvalue weighted by Gasteiger charge is 2.22. The molecule has 1 unspecified atom stereocenters. The van der Waals surface area contributed by atoms with Crippen LogP contribution in [0.4, 0.5) is 4.39 Å². The van der Waals surface area contributed by atoms with Crippen molar-refractivity contribution in [2.24, 2.45) is 0 Å². The van der Waals surface area contributed by atoms with Gasteiger partial charge in [-0.15, -0.1) is 0 Å². The summed E-state index contributed by atoms with van der Waals surface area (Å²) in [4.78, 5) is 37.1. The van der Waals surface area contributed by atoms with Crippen LogP contribution in [0.15, 0.2) is 24.3 Å². The number of ketones is 1. The standard InChI is InChI=1S/C18H23FN2O3/c1-13(12-21-11-3-6-18(21)24)20-17(23)5-2-4-16(22)14-7-9-15(19)10-8-14/h7-10,13H,2-6,11-12H2,1H3,(H,20,23). The summed E-state index contributed by atoms with van der Waals surface area (Å²) >= 11 is 0. The van der Waals surface area contributed by atoms with Gasteiger partial charge in [0.05, 0.1) is 0 Å². The fraction of sp³-hybridized carbons (Fsp3) is 0.500. The van der Waals surface area contributed by atoms with E-state index in [-0.39, 0.29) is 42.3 Å². The summed E-state index contributed by atoms with van der Waals surface area (Å²) in [5, 5.41) is 2.85. The molecule has 1 atom stereocenters. The van der Waals surface area contributed by atoms with Crippen molar-refractivity contribution in [3.8, 4) is 0 Å². The molecule has 1 aliphatic heterocycles. The maximum absolute atomic E-state index is 12.8. The van der Waals surface area contributed by atoms with Crippen LogP contribution in [0.3, 0.4) is 0 Å². The van der Waals surface area contributed by atoms with Crippen molar-refractivity contribution in [1.82, 2.24) is 10.2 Å². The number of nitrogens with zero attached hydrogens (tertiary/aromatic N) is 1. The second kappa shape index (κ2) is 8.57. The van der Waals surface area contributed by atoms with Gasteiger partial charge in [-0.1, -0.05) is 0 Å². The molecule has 1 fully saturated rings. The number of hydrogen-bond donors (Lipinski definition) is 1. The van der Waals surface area contributed by atoms with Gasteiger partial charge in [-0.25, -0.2) is 4.39 Å². The molecule has 1 aliphatic rings. The second-order valence-electron chi connectivity index (χ2n) is 6.20. The molecule has 0 spiro atoms. The Bertz CT molecular complexity index is 601. The topological polar surface area (TPSA) is 66.5 Å². The first-order valence-corrected chi connectivity index (χ1v) is 8.31. The molecule has 1 heterocycles. The molecule has 1 saturated heterocycles. The zero-order valence-corrected chi connectivity index (χ0v) is 13.9. The Hall–Kier alpha value is -2.24. The highest BCUT2D eigenvalue weighted by molar-refractivity contribution is 5.96. The third kappa shape index (κ3) is 5.44. The lowest BCUT2D eigenvalue weighted by Gasteiger charge is -2.21. The smallest absolute Gasteiger partial charge is 0.222 e. The van der Waals surface area contributed by atoms with E-state index < -0.39 is 0 Å². The average Bonchev–Trinajstić information content (AvgIpc) is 2.92. The molecule has 6 heteroatoms.